The zero-order valence-electron chi connectivity index (χ0n) is 6.00. The average molecular weight is 202 g/mol. The molecular formula is C8H5ClFNS. The van der Waals surface area contributed by atoms with Crippen LogP contribution in [0.2, 0.25) is 0 Å². The van der Waals surface area contributed by atoms with Gasteiger partial charge in [-0.2, -0.15) is 0 Å². The van der Waals surface area contributed by atoms with E-state index in [0.29, 0.717) is 5.01 Å². The first-order valence-corrected chi connectivity index (χ1v) is 4.66. The standard InChI is InChI=1S/C8H5ClFNS/c9-7(10)8-11-5-3-1-2-4-6(5)12-8/h1-4,7H/t7-/m1/s1. The molecule has 1 heterocycles. The summed E-state index contributed by atoms with van der Waals surface area (Å²) >= 11 is 6.54. The smallest absolute Gasteiger partial charge is 0.224 e. The number of halogens is 2. The molecule has 0 bridgehead atoms. The summed E-state index contributed by atoms with van der Waals surface area (Å²) in [5, 5.41) is 0.331. The molecule has 0 unspecified atom stereocenters. The van der Waals surface area contributed by atoms with Crippen LogP contribution in [0.4, 0.5) is 4.39 Å². The summed E-state index contributed by atoms with van der Waals surface area (Å²) in [4.78, 5) is 4.02. The van der Waals surface area contributed by atoms with Crippen LogP contribution in [0.1, 0.15) is 10.6 Å². The summed E-state index contributed by atoms with van der Waals surface area (Å²) in [5.41, 5.74) is -0.678. The highest BCUT2D eigenvalue weighted by Gasteiger charge is 2.10. The molecule has 2 rings (SSSR count). The van der Waals surface area contributed by atoms with Crippen molar-refractivity contribution >= 4 is 33.2 Å². The van der Waals surface area contributed by atoms with Crippen LogP contribution >= 0.6 is 22.9 Å². The molecule has 0 amide bonds. The predicted molar refractivity (Wildman–Crippen MR) is 49.3 cm³/mol. The Morgan fingerprint density at radius 3 is 2.83 bits per heavy atom. The molecule has 62 valence electrons. The van der Waals surface area contributed by atoms with Gasteiger partial charge in [-0.05, 0) is 12.1 Å². The number of alkyl halides is 2. The normalized spacial score (nSPS) is 13.5. The van der Waals surface area contributed by atoms with Gasteiger partial charge in [-0.3, -0.25) is 0 Å². The number of aromatic nitrogens is 1. The molecule has 0 saturated carbocycles. The fraction of sp³-hybridized carbons (Fsp3) is 0.125. The van der Waals surface area contributed by atoms with Gasteiger partial charge in [0.2, 0.25) is 5.63 Å². The van der Waals surface area contributed by atoms with Gasteiger partial charge >= 0.3 is 0 Å². The Kier molecular flexibility index (Phi) is 1.98. The predicted octanol–water partition coefficient (Wildman–Crippen LogP) is 3.50. The van der Waals surface area contributed by atoms with Crippen LogP contribution in [-0.2, 0) is 0 Å². The van der Waals surface area contributed by atoms with E-state index in [9.17, 15) is 4.39 Å². The number of benzene rings is 1. The summed E-state index contributed by atoms with van der Waals surface area (Å²) < 4.78 is 13.6. The topological polar surface area (TPSA) is 12.9 Å². The molecule has 0 aliphatic rings. The van der Waals surface area contributed by atoms with Crippen LogP contribution in [-0.4, -0.2) is 4.98 Å². The van der Waals surface area contributed by atoms with E-state index in [1.807, 2.05) is 24.3 Å². The van der Waals surface area contributed by atoms with Gasteiger partial charge in [0.05, 0.1) is 10.2 Å². The third kappa shape index (κ3) is 1.30. The van der Waals surface area contributed by atoms with E-state index in [-0.39, 0.29) is 0 Å². The number of para-hydroxylation sites is 1. The summed E-state index contributed by atoms with van der Waals surface area (Å²) in [7, 11) is 0. The molecule has 1 aromatic carbocycles. The van der Waals surface area contributed by atoms with E-state index in [1.54, 1.807) is 0 Å². The monoisotopic (exact) mass is 201 g/mol. The molecule has 4 heteroatoms. The van der Waals surface area contributed by atoms with Crippen LogP contribution in [0.5, 0.6) is 0 Å². The second kappa shape index (κ2) is 2.99. The van der Waals surface area contributed by atoms with Crippen molar-refractivity contribution in [2.75, 3.05) is 0 Å². The third-order valence-electron chi connectivity index (χ3n) is 1.50. The Bertz CT molecular complexity index is 366. The van der Waals surface area contributed by atoms with Crippen LogP contribution < -0.4 is 0 Å². The molecular weight excluding hydrogens is 197 g/mol. The third-order valence-corrected chi connectivity index (χ3v) is 2.91. The van der Waals surface area contributed by atoms with Crippen molar-refractivity contribution in [3.8, 4) is 0 Å². The van der Waals surface area contributed by atoms with Gasteiger partial charge < -0.3 is 0 Å². The van der Waals surface area contributed by atoms with Crippen molar-refractivity contribution in [2.24, 2.45) is 0 Å². The van der Waals surface area contributed by atoms with Crippen molar-refractivity contribution in [1.29, 1.82) is 0 Å². The Balaban J connectivity index is 2.62. The Morgan fingerprint density at radius 1 is 1.42 bits per heavy atom. The molecule has 0 N–H and O–H groups in total. The molecule has 2 aromatic rings. The van der Waals surface area contributed by atoms with Gasteiger partial charge in [0.1, 0.15) is 5.01 Å². The minimum absolute atomic E-state index is 0.331. The van der Waals surface area contributed by atoms with Crippen molar-refractivity contribution < 1.29 is 4.39 Å². The van der Waals surface area contributed by atoms with E-state index in [0.717, 1.165) is 10.2 Å². The van der Waals surface area contributed by atoms with Gasteiger partial charge in [-0.25, -0.2) is 9.37 Å². The van der Waals surface area contributed by atoms with Crippen LogP contribution in [0, 0.1) is 0 Å². The minimum Gasteiger partial charge on any atom is -0.237 e. The maximum atomic E-state index is 12.6. The van der Waals surface area contributed by atoms with E-state index in [2.05, 4.69) is 4.98 Å². The molecule has 1 atom stereocenters. The zero-order valence-corrected chi connectivity index (χ0v) is 7.57. The fourth-order valence-corrected chi connectivity index (χ4v) is 1.99. The zero-order chi connectivity index (χ0) is 8.55. The molecule has 0 radical (unpaired) electrons. The summed E-state index contributed by atoms with van der Waals surface area (Å²) in [6, 6.07) is 7.50. The number of hydrogen-bond donors (Lipinski definition) is 0. The molecule has 0 spiro atoms. The van der Waals surface area contributed by atoms with Gasteiger partial charge in [0.25, 0.3) is 0 Å². The van der Waals surface area contributed by atoms with E-state index in [4.69, 9.17) is 11.6 Å². The highest BCUT2D eigenvalue weighted by Crippen LogP contribution is 2.30. The van der Waals surface area contributed by atoms with E-state index in [1.165, 1.54) is 11.3 Å². The van der Waals surface area contributed by atoms with E-state index >= 15 is 0 Å². The summed E-state index contributed by atoms with van der Waals surface area (Å²) in [5.74, 6) is 0. The number of rotatable bonds is 1. The Hall–Kier alpha value is -0.670. The molecule has 0 aliphatic carbocycles. The first-order chi connectivity index (χ1) is 5.77. The lowest BCUT2D eigenvalue weighted by Crippen LogP contribution is -1.77. The highest BCUT2D eigenvalue weighted by molar-refractivity contribution is 7.18. The lowest BCUT2D eigenvalue weighted by atomic mass is 10.3. The van der Waals surface area contributed by atoms with Crippen LogP contribution in [0.3, 0.4) is 0 Å². The lowest BCUT2D eigenvalue weighted by molar-refractivity contribution is 0.459. The van der Waals surface area contributed by atoms with Gasteiger partial charge in [0, 0.05) is 0 Å². The summed E-state index contributed by atoms with van der Waals surface area (Å²) in [6.45, 7) is 0. The quantitative estimate of drug-likeness (QED) is 0.644. The molecule has 0 saturated heterocycles. The average Bonchev–Trinajstić information content (AvgIpc) is 2.46. The Labute approximate surface area is 77.8 Å². The number of hydrogen-bond acceptors (Lipinski definition) is 2. The maximum absolute atomic E-state index is 12.6. The Morgan fingerprint density at radius 2 is 2.17 bits per heavy atom. The van der Waals surface area contributed by atoms with Gasteiger partial charge in [-0.1, -0.05) is 23.7 Å². The van der Waals surface area contributed by atoms with Crippen molar-refractivity contribution in [3.05, 3.63) is 29.3 Å². The highest BCUT2D eigenvalue weighted by atomic mass is 35.5. The minimum atomic E-state index is -1.48. The van der Waals surface area contributed by atoms with E-state index < -0.39 is 5.63 Å². The van der Waals surface area contributed by atoms with Crippen molar-refractivity contribution in [1.82, 2.24) is 4.98 Å². The first-order valence-electron chi connectivity index (χ1n) is 3.41. The van der Waals surface area contributed by atoms with Crippen LogP contribution in [0.25, 0.3) is 10.2 Å². The first kappa shape index (κ1) is 7.95. The molecule has 12 heavy (non-hydrogen) atoms. The maximum Gasteiger partial charge on any atom is 0.224 e. The molecule has 0 aliphatic heterocycles. The lowest BCUT2D eigenvalue weighted by Gasteiger charge is -1.87. The molecule has 1 aromatic heterocycles. The largest absolute Gasteiger partial charge is 0.237 e. The summed E-state index contributed by atoms with van der Waals surface area (Å²) in [6.07, 6.45) is 0. The number of thiazole rings is 1. The second-order valence-corrected chi connectivity index (χ2v) is 3.77. The van der Waals surface area contributed by atoms with Gasteiger partial charge in [-0.15, -0.1) is 11.3 Å². The number of nitrogens with zero attached hydrogens (tertiary/aromatic N) is 1. The van der Waals surface area contributed by atoms with Crippen molar-refractivity contribution in [3.63, 3.8) is 0 Å². The number of fused-ring (bicyclic) bond motifs is 1. The molecule has 1 nitrogen and oxygen atoms in total. The van der Waals surface area contributed by atoms with Crippen LogP contribution in [0.15, 0.2) is 24.3 Å². The fourth-order valence-electron chi connectivity index (χ4n) is 0.983. The van der Waals surface area contributed by atoms with Crippen molar-refractivity contribution in [2.45, 2.75) is 5.63 Å². The van der Waals surface area contributed by atoms with Gasteiger partial charge in [0.15, 0.2) is 0 Å². The molecule has 0 fully saturated rings. The SMILES string of the molecule is F[C@@H](Cl)c1nc2ccccc2s1. The second-order valence-electron chi connectivity index (χ2n) is 2.32.